The van der Waals surface area contributed by atoms with E-state index in [9.17, 15) is 4.79 Å². The fourth-order valence-corrected chi connectivity index (χ4v) is 0.877. The topological polar surface area (TPSA) is 80.9 Å². The van der Waals surface area contributed by atoms with Crippen LogP contribution in [0.25, 0.3) is 0 Å². The first-order valence-electron chi connectivity index (χ1n) is 4.48. The van der Waals surface area contributed by atoms with Crippen LogP contribution < -0.4 is 11.1 Å². The van der Waals surface area contributed by atoms with Gasteiger partial charge in [0.15, 0.2) is 0 Å². The molecule has 1 amide bonds. The van der Waals surface area contributed by atoms with Gasteiger partial charge in [0.1, 0.15) is 5.82 Å². The van der Waals surface area contributed by atoms with Crippen molar-refractivity contribution in [3.8, 4) is 0 Å². The molecule has 0 aromatic carbocycles. The van der Waals surface area contributed by atoms with E-state index in [1.807, 2.05) is 6.92 Å². The van der Waals surface area contributed by atoms with Crippen LogP contribution in [0.1, 0.15) is 19.2 Å². The number of aryl methyl sites for hydroxylation is 1. The van der Waals surface area contributed by atoms with E-state index in [0.717, 1.165) is 0 Å². The highest BCUT2D eigenvalue weighted by Gasteiger charge is 2.10. The lowest BCUT2D eigenvalue weighted by Gasteiger charge is -2.08. The Balaban J connectivity index is 2.60. The first-order valence-corrected chi connectivity index (χ1v) is 4.48. The number of nitrogens with zero attached hydrogens (tertiary/aromatic N) is 2. The van der Waals surface area contributed by atoms with Gasteiger partial charge in [0.2, 0.25) is 5.91 Å². The van der Waals surface area contributed by atoms with Crippen LogP contribution >= 0.6 is 0 Å². The third kappa shape index (κ3) is 2.77. The van der Waals surface area contributed by atoms with Gasteiger partial charge in [0.05, 0.1) is 24.1 Å². The van der Waals surface area contributed by atoms with Gasteiger partial charge in [-0.25, -0.2) is 9.97 Å². The monoisotopic (exact) mass is 194 g/mol. The Hall–Kier alpha value is -1.49. The molecule has 0 aliphatic heterocycles. The van der Waals surface area contributed by atoms with Crippen molar-refractivity contribution in [2.24, 2.45) is 5.73 Å². The van der Waals surface area contributed by atoms with Gasteiger partial charge in [-0.1, -0.05) is 6.92 Å². The van der Waals surface area contributed by atoms with E-state index in [1.165, 1.54) is 0 Å². The average molecular weight is 194 g/mol. The summed E-state index contributed by atoms with van der Waals surface area (Å²) in [5.41, 5.74) is 6.11. The first kappa shape index (κ1) is 10.6. The van der Waals surface area contributed by atoms with Crippen molar-refractivity contribution >= 4 is 11.6 Å². The van der Waals surface area contributed by atoms with E-state index in [-0.39, 0.29) is 5.91 Å². The highest BCUT2D eigenvalue weighted by Crippen LogP contribution is 2.03. The maximum atomic E-state index is 11.3. The quantitative estimate of drug-likeness (QED) is 0.732. The lowest BCUT2D eigenvalue weighted by Crippen LogP contribution is -2.34. The van der Waals surface area contributed by atoms with Crippen molar-refractivity contribution in [3.05, 3.63) is 18.2 Å². The Bertz CT molecular complexity index is 309. The summed E-state index contributed by atoms with van der Waals surface area (Å²) < 4.78 is 0. The van der Waals surface area contributed by atoms with Gasteiger partial charge in [0.25, 0.3) is 0 Å². The molecule has 76 valence electrons. The van der Waals surface area contributed by atoms with Crippen LogP contribution in [-0.4, -0.2) is 21.9 Å². The zero-order valence-electron chi connectivity index (χ0n) is 8.32. The van der Waals surface area contributed by atoms with Crippen molar-refractivity contribution in [2.75, 3.05) is 5.32 Å². The van der Waals surface area contributed by atoms with Crippen molar-refractivity contribution in [2.45, 2.75) is 26.3 Å². The normalized spacial score (nSPS) is 12.2. The van der Waals surface area contributed by atoms with E-state index in [0.29, 0.717) is 17.9 Å². The summed E-state index contributed by atoms with van der Waals surface area (Å²) in [4.78, 5) is 19.2. The number of aromatic nitrogens is 2. The fraction of sp³-hybridized carbons (Fsp3) is 0.444. The molecule has 3 N–H and O–H groups in total. The molecule has 0 fully saturated rings. The van der Waals surface area contributed by atoms with Crippen molar-refractivity contribution < 1.29 is 4.79 Å². The second-order valence-electron chi connectivity index (χ2n) is 3.02. The average Bonchev–Trinajstić information content (AvgIpc) is 2.20. The zero-order chi connectivity index (χ0) is 10.6. The van der Waals surface area contributed by atoms with E-state index in [4.69, 9.17) is 5.73 Å². The molecule has 1 rings (SSSR count). The van der Waals surface area contributed by atoms with Crippen LogP contribution in [0.2, 0.25) is 0 Å². The van der Waals surface area contributed by atoms with Crippen LogP contribution in [0.4, 0.5) is 5.69 Å². The summed E-state index contributed by atoms with van der Waals surface area (Å²) in [6.45, 7) is 3.64. The number of carbonyl (C=O) groups is 1. The number of amides is 1. The summed E-state index contributed by atoms with van der Waals surface area (Å²) in [6.07, 6.45) is 3.73. The minimum absolute atomic E-state index is 0.208. The third-order valence-electron chi connectivity index (χ3n) is 1.83. The smallest absolute Gasteiger partial charge is 0.241 e. The van der Waals surface area contributed by atoms with Crippen LogP contribution in [0, 0.1) is 6.92 Å². The second kappa shape index (κ2) is 4.66. The molecule has 0 bridgehead atoms. The van der Waals surface area contributed by atoms with Gasteiger partial charge in [0, 0.05) is 0 Å². The van der Waals surface area contributed by atoms with Crippen molar-refractivity contribution in [1.29, 1.82) is 0 Å². The predicted octanol–water partition coefficient (Wildman–Crippen LogP) is 0.461. The Labute approximate surface area is 82.7 Å². The van der Waals surface area contributed by atoms with Gasteiger partial charge in [-0.05, 0) is 13.3 Å². The van der Waals surface area contributed by atoms with E-state index in [1.54, 1.807) is 19.3 Å². The van der Waals surface area contributed by atoms with Gasteiger partial charge >= 0.3 is 0 Å². The van der Waals surface area contributed by atoms with Crippen LogP contribution in [0.3, 0.4) is 0 Å². The number of hydrogen-bond acceptors (Lipinski definition) is 4. The standard InChI is InChI=1S/C9H14N4O/c1-3-8(10)9(14)13-7-4-11-6(2)12-5-7/h4-5,8H,3,10H2,1-2H3,(H,13,14)/t8-/m1/s1. The Morgan fingerprint density at radius 2 is 2.14 bits per heavy atom. The Morgan fingerprint density at radius 3 is 2.64 bits per heavy atom. The van der Waals surface area contributed by atoms with Crippen LogP contribution in [-0.2, 0) is 4.79 Å². The fourth-order valence-electron chi connectivity index (χ4n) is 0.877. The number of carbonyl (C=O) groups excluding carboxylic acids is 1. The second-order valence-corrected chi connectivity index (χ2v) is 3.02. The highest BCUT2D eigenvalue weighted by molar-refractivity contribution is 5.94. The predicted molar refractivity (Wildman–Crippen MR) is 53.7 cm³/mol. The first-order chi connectivity index (χ1) is 6.63. The molecule has 0 spiro atoms. The zero-order valence-corrected chi connectivity index (χ0v) is 8.32. The van der Waals surface area contributed by atoms with Gasteiger partial charge < -0.3 is 11.1 Å². The summed E-state index contributed by atoms with van der Waals surface area (Å²) in [5.74, 6) is 0.461. The summed E-state index contributed by atoms with van der Waals surface area (Å²) in [6, 6.07) is -0.476. The highest BCUT2D eigenvalue weighted by atomic mass is 16.2. The van der Waals surface area contributed by atoms with Crippen molar-refractivity contribution in [3.63, 3.8) is 0 Å². The molecule has 1 heterocycles. The number of nitrogens with two attached hydrogens (primary N) is 1. The van der Waals surface area contributed by atoms with Crippen LogP contribution in [0.5, 0.6) is 0 Å². The molecule has 0 aliphatic rings. The van der Waals surface area contributed by atoms with Crippen molar-refractivity contribution in [1.82, 2.24) is 9.97 Å². The molecular formula is C9H14N4O. The molecule has 0 saturated carbocycles. The van der Waals surface area contributed by atoms with Gasteiger partial charge in [-0.2, -0.15) is 0 Å². The molecule has 0 radical (unpaired) electrons. The summed E-state index contributed by atoms with van der Waals surface area (Å²) in [7, 11) is 0. The van der Waals surface area contributed by atoms with Gasteiger partial charge in [-0.3, -0.25) is 4.79 Å². The SMILES string of the molecule is CC[C@@H](N)C(=O)Nc1cnc(C)nc1. The van der Waals surface area contributed by atoms with Crippen LogP contribution in [0.15, 0.2) is 12.4 Å². The molecule has 1 aromatic heterocycles. The molecule has 5 heteroatoms. The minimum atomic E-state index is -0.476. The maximum Gasteiger partial charge on any atom is 0.241 e. The third-order valence-corrected chi connectivity index (χ3v) is 1.83. The Kier molecular flexibility index (Phi) is 3.53. The lowest BCUT2D eigenvalue weighted by molar-refractivity contribution is -0.117. The molecule has 1 aromatic rings. The molecule has 0 aliphatic carbocycles. The molecule has 0 unspecified atom stereocenters. The number of rotatable bonds is 3. The maximum absolute atomic E-state index is 11.3. The molecule has 14 heavy (non-hydrogen) atoms. The number of hydrogen-bond donors (Lipinski definition) is 2. The Morgan fingerprint density at radius 1 is 1.57 bits per heavy atom. The minimum Gasteiger partial charge on any atom is -0.322 e. The largest absolute Gasteiger partial charge is 0.322 e. The van der Waals surface area contributed by atoms with E-state index in [2.05, 4.69) is 15.3 Å². The molecule has 1 atom stereocenters. The summed E-state index contributed by atoms with van der Waals surface area (Å²) in [5, 5.41) is 2.63. The summed E-state index contributed by atoms with van der Waals surface area (Å²) >= 11 is 0. The lowest BCUT2D eigenvalue weighted by atomic mass is 10.2. The number of nitrogens with one attached hydrogen (secondary N) is 1. The number of anilines is 1. The molecule has 0 saturated heterocycles. The van der Waals surface area contributed by atoms with E-state index < -0.39 is 6.04 Å². The van der Waals surface area contributed by atoms with Gasteiger partial charge in [-0.15, -0.1) is 0 Å². The molecular weight excluding hydrogens is 180 g/mol. The molecule has 5 nitrogen and oxygen atoms in total. The van der Waals surface area contributed by atoms with E-state index >= 15 is 0 Å².